The van der Waals surface area contributed by atoms with Crippen LogP contribution in [0.3, 0.4) is 0 Å². The number of phenolic OH excluding ortho intramolecular Hbond substituents is 2. The van der Waals surface area contributed by atoms with Crippen LogP contribution in [0.5, 0.6) is 11.5 Å². The van der Waals surface area contributed by atoms with Crippen LogP contribution in [-0.2, 0) is 25.7 Å². The fourth-order valence-electron chi connectivity index (χ4n) is 5.96. The predicted molar refractivity (Wildman–Crippen MR) is 171 cm³/mol. The maximum atomic E-state index is 14.7. The van der Waals surface area contributed by atoms with E-state index in [1.54, 1.807) is 0 Å². The zero-order chi connectivity index (χ0) is 29.2. The second kappa shape index (κ2) is 19.7. The van der Waals surface area contributed by atoms with Gasteiger partial charge in [0.2, 0.25) is 0 Å². The van der Waals surface area contributed by atoms with Crippen LogP contribution in [0.2, 0.25) is 0 Å². The van der Waals surface area contributed by atoms with Crippen molar-refractivity contribution >= 4 is 5.78 Å². The predicted octanol–water partition coefficient (Wildman–Crippen LogP) is 10.8. The highest BCUT2D eigenvalue weighted by Gasteiger charge is 2.24. The van der Waals surface area contributed by atoms with Gasteiger partial charge in [-0.15, -0.1) is 0 Å². The molecule has 0 spiro atoms. The molecule has 0 amide bonds. The highest BCUT2D eigenvalue weighted by Crippen LogP contribution is 2.33. The first-order chi connectivity index (χ1) is 19.5. The van der Waals surface area contributed by atoms with Gasteiger partial charge in [0.1, 0.15) is 11.5 Å². The number of aryl methyl sites for hydroxylation is 4. The van der Waals surface area contributed by atoms with E-state index in [0.29, 0.717) is 0 Å². The summed E-state index contributed by atoms with van der Waals surface area (Å²) in [6.07, 6.45) is 21.3. The normalized spacial score (nSPS) is 11.3. The van der Waals surface area contributed by atoms with Crippen LogP contribution in [-0.4, -0.2) is 16.0 Å². The third-order valence-electron chi connectivity index (χ3n) is 8.23. The van der Waals surface area contributed by atoms with Gasteiger partial charge in [0.15, 0.2) is 5.78 Å². The fraction of sp³-hybridized carbons (Fsp3) is 0.649. The maximum Gasteiger partial charge on any atom is 0.194 e. The molecule has 0 heterocycles. The van der Waals surface area contributed by atoms with Gasteiger partial charge in [-0.1, -0.05) is 105 Å². The van der Waals surface area contributed by atoms with Crippen molar-refractivity contribution in [2.24, 2.45) is 0 Å². The van der Waals surface area contributed by atoms with Crippen LogP contribution < -0.4 is 0 Å². The van der Waals surface area contributed by atoms with Gasteiger partial charge in [-0.25, -0.2) is 0 Å². The lowest BCUT2D eigenvalue weighted by molar-refractivity contribution is 0.103. The number of hydrogen-bond acceptors (Lipinski definition) is 3. The molecule has 0 aromatic heterocycles. The lowest BCUT2D eigenvalue weighted by Crippen LogP contribution is -2.15. The maximum absolute atomic E-state index is 14.7. The number of unbranched alkanes of at least 4 members (excludes halogenated alkanes) is 12. The monoisotopic (exact) mass is 550 g/mol. The van der Waals surface area contributed by atoms with Gasteiger partial charge in [-0.2, -0.15) is 0 Å². The number of ketones is 1. The second-order valence-corrected chi connectivity index (χ2v) is 11.8. The Kier molecular flexibility index (Phi) is 16.7. The average Bonchev–Trinajstić information content (AvgIpc) is 2.93. The van der Waals surface area contributed by atoms with E-state index in [2.05, 4.69) is 27.7 Å². The molecule has 0 saturated heterocycles. The van der Waals surface area contributed by atoms with Crippen molar-refractivity contribution < 1.29 is 15.0 Å². The molecule has 3 heteroatoms. The smallest absolute Gasteiger partial charge is 0.194 e. The number of carbonyl (C=O) groups is 1. The summed E-state index contributed by atoms with van der Waals surface area (Å²) in [7, 11) is 0. The van der Waals surface area contributed by atoms with E-state index >= 15 is 0 Å². The summed E-state index contributed by atoms with van der Waals surface area (Å²) in [4.78, 5) is 14.7. The van der Waals surface area contributed by atoms with Gasteiger partial charge < -0.3 is 10.2 Å². The van der Waals surface area contributed by atoms with Crippen LogP contribution in [0.25, 0.3) is 0 Å². The molecule has 2 N–H and O–H groups in total. The minimum Gasteiger partial charge on any atom is -0.508 e. The van der Waals surface area contributed by atoms with E-state index < -0.39 is 0 Å². The highest BCUT2D eigenvalue weighted by molar-refractivity contribution is 6.13. The molecule has 2 rings (SSSR count). The molecular formula is C37H58O3. The zero-order valence-electron chi connectivity index (χ0n) is 26.3. The number of benzene rings is 2. The largest absolute Gasteiger partial charge is 0.508 e. The molecule has 0 aliphatic carbocycles. The molecule has 0 radical (unpaired) electrons. The summed E-state index contributed by atoms with van der Waals surface area (Å²) < 4.78 is 0. The molecule has 2 aromatic rings. The lowest BCUT2D eigenvalue weighted by atomic mass is 9.83. The molecule has 0 fully saturated rings. The SMILES string of the molecule is CCCCCCc1cc(O)cc(CCCCCC)c1C(=O)c1c(CCCCCC)cc(O)cc1CCCCCC. The molecule has 0 aliphatic rings. The van der Waals surface area contributed by atoms with Gasteiger partial charge in [0.25, 0.3) is 0 Å². The van der Waals surface area contributed by atoms with E-state index in [0.717, 1.165) is 110 Å². The van der Waals surface area contributed by atoms with Crippen molar-refractivity contribution in [1.82, 2.24) is 0 Å². The molecule has 0 saturated carbocycles. The minimum absolute atomic E-state index is 0.104. The molecule has 0 aliphatic heterocycles. The highest BCUT2D eigenvalue weighted by atomic mass is 16.3. The Morgan fingerprint density at radius 2 is 0.700 bits per heavy atom. The quantitative estimate of drug-likeness (QED) is 0.113. The van der Waals surface area contributed by atoms with Crippen LogP contribution in [0.1, 0.15) is 169 Å². The Morgan fingerprint density at radius 3 is 0.925 bits per heavy atom. The third kappa shape index (κ3) is 11.3. The Bertz CT molecular complexity index is 861. The number of aromatic hydroxyl groups is 2. The average molecular weight is 551 g/mol. The van der Waals surface area contributed by atoms with E-state index in [1.165, 1.54) is 51.4 Å². The fourth-order valence-corrected chi connectivity index (χ4v) is 5.96. The Hall–Kier alpha value is -2.29. The zero-order valence-corrected chi connectivity index (χ0v) is 26.3. The first kappa shape index (κ1) is 33.9. The summed E-state index contributed by atoms with van der Waals surface area (Å²) in [5.74, 6) is 0.655. The summed E-state index contributed by atoms with van der Waals surface area (Å²) >= 11 is 0. The van der Waals surface area contributed by atoms with E-state index in [-0.39, 0.29) is 17.3 Å². The van der Waals surface area contributed by atoms with Gasteiger partial charge in [0, 0.05) is 11.1 Å². The van der Waals surface area contributed by atoms with Gasteiger partial charge in [-0.05, 0) is 97.9 Å². The number of rotatable bonds is 22. The summed E-state index contributed by atoms with van der Waals surface area (Å²) in [6, 6.07) is 7.38. The molecular weight excluding hydrogens is 492 g/mol. The van der Waals surface area contributed by atoms with Gasteiger partial charge in [0.05, 0.1) is 0 Å². The Balaban J connectivity index is 2.58. The lowest BCUT2D eigenvalue weighted by Gasteiger charge is -2.20. The summed E-state index contributed by atoms with van der Waals surface area (Å²) in [6.45, 7) is 8.86. The van der Waals surface area contributed by atoms with Crippen LogP contribution in [0, 0.1) is 0 Å². The first-order valence-electron chi connectivity index (χ1n) is 16.7. The van der Waals surface area contributed by atoms with Crippen LogP contribution >= 0.6 is 0 Å². The third-order valence-corrected chi connectivity index (χ3v) is 8.23. The van der Waals surface area contributed by atoms with E-state index in [9.17, 15) is 15.0 Å². The van der Waals surface area contributed by atoms with Gasteiger partial charge in [-0.3, -0.25) is 4.79 Å². The Labute approximate surface area is 245 Å². The van der Waals surface area contributed by atoms with Crippen molar-refractivity contribution in [3.8, 4) is 11.5 Å². The first-order valence-corrected chi connectivity index (χ1v) is 16.7. The molecule has 2 aromatic carbocycles. The summed E-state index contributed by atoms with van der Waals surface area (Å²) in [5.41, 5.74) is 5.62. The number of hydrogen-bond donors (Lipinski definition) is 2. The Morgan fingerprint density at radius 1 is 0.450 bits per heavy atom. The van der Waals surface area contributed by atoms with Crippen LogP contribution in [0.4, 0.5) is 0 Å². The van der Waals surface area contributed by atoms with Crippen molar-refractivity contribution in [3.05, 3.63) is 57.6 Å². The molecule has 40 heavy (non-hydrogen) atoms. The van der Waals surface area contributed by atoms with Crippen molar-refractivity contribution in [2.45, 2.75) is 156 Å². The molecule has 0 unspecified atom stereocenters. The molecule has 3 nitrogen and oxygen atoms in total. The minimum atomic E-state index is 0.104. The molecule has 0 bridgehead atoms. The standard InChI is InChI=1S/C37H58O3/c1-5-9-13-17-21-29-25-33(38)26-30(22-18-14-10-6-2)35(29)37(40)36-31(23-19-15-11-7-3)27-34(39)28-32(36)24-20-16-12-8-4/h25-28,38-39H,5-24H2,1-4H3. The molecule has 224 valence electrons. The topological polar surface area (TPSA) is 57.5 Å². The van der Waals surface area contributed by atoms with E-state index in [1.807, 2.05) is 24.3 Å². The van der Waals surface area contributed by atoms with Crippen molar-refractivity contribution in [3.63, 3.8) is 0 Å². The van der Waals surface area contributed by atoms with Gasteiger partial charge >= 0.3 is 0 Å². The van der Waals surface area contributed by atoms with E-state index in [4.69, 9.17) is 0 Å². The van der Waals surface area contributed by atoms with Crippen LogP contribution in [0.15, 0.2) is 24.3 Å². The second-order valence-electron chi connectivity index (χ2n) is 11.8. The van der Waals surface area contributed by atoms with Crippen molar-refractivity contribution in [1.29, 1.82) is 0 Å². The number of carbonyl (C=O) groups excluding carboxylic acids is 1. The van der Waals surface area contributed by atoms with Crippen molar-refractivity contribution in [2.75, 3.05) is 0 Å². The molecule has 0 atom stereocenters. The summed E-state index contributed by atoms with van der Waals surface area (Å²) in [5, 5.41) is 21.4. The number of phenols is 2.